The van der Waals surface area contributed by atoms with Gasteiger partial charge in [0.2, 0.25) is 5.91 Å². The molecular weight excluding hydrogens is 286 g/mol. The zero-order valence-electron chi connectivity index (χ0n) is 10.3. The summed E-state index contributed by atoms with van der Waals surface area (Å²) in [6.45, 7) is 1.77. The lowest BCUT2D eigenvalue weighted by atomic mass is 10.2. The van der Waals surface area contributed by atoms with Crippen LogP contribution in [0.2, 0.25) is 0 Å². The quantitative estimate of drug-likeness (QED) is 0.789. The maximum atomic E-state index is 12.0. The van der Waals surface area contributed by atoms with E-state index in [1.165, 1.54) is 4.88 Å². The molecule has 1 fully saturated rings. The normalized spacial score (nSPS) is 20.7. The van der Waals surface area contributed by atoms with Crippen molar-refractivity contribution in [2.75, 3.05) is 24.7 Å². The van der Waals surface area contributed by atoms with Crippen LogP contribution in [0, 0.1) is 0 Å². The molecule has 2 nitrogen and oxygen atoms in total. The topological polar surface area (TPSA) is 20.3 Å². The molecule has 1 atom stereocenters. The summed E-state index contributed by atoms with van der Waals surface area (Å²) in [6.07, 6.45) is 2.45. The first-order valence-electron chi connectivity index (χ1n) is 6.30. The van der Waals surface area contributed by atoms with Crippen LogP contribution in [0.15, 0.2) is 17.5 Å². The fraction of sp³-hybridized carbons (Fsp3) is 0.615. The van der Waals surface area contributed by atoms with Crippen molar-refractivity contribution in [3.63, 3.8) is 0 Å². The Kier molecular flexibility index (Phi) is 5.86. The Morgan fingerprint density at radius 3 is 3.11 bits per heavy atom. The molecule has 0 spiro atoms. The maximum Gasteiger partial charge on any atom is 0.222 e. The summed E-state index contributed by atoms with van der Waals surface area (Å²) >= 11 is 9.43. The highest BCUT2D eigenvalue weighted by Crippen LogP contribution is 2.36. The Morgan fingerprint density at radius 2 is 2.39 bits per heavy atom. The second-order valence-corrected chi connectivity index (χ2v) is 7.00. The third-order valence-corrected chi connectivity index (χ3v) is 5.79. The lowest BCUT2D eigenvalue weighted by molar-refractivity contribution is -0.130. The van der Waals surface area contributed by atoms with Crippen molar-refractivity contribution >= 4 is 40.6 Å². The number of amides is 1. The lowest BCUT2D eigenvalue weighted by Crippen LogP contribution is -2.32. The standard InChI is InChI=1S/C13H18ClNOS2/c14-6-1-4-13(16)15-7-5-12(18-10-8-15)11-3-2-9-17-11/h2-3,9,12H,1,4-8,10H2. The van der Waals surface area contributed by atoms with Gasteiger partial charge in [0.15, 0.2) is 0 Å². The number of hydrogen-bond donors (Lipinski definition) is 0. The van der Waals surface area contributed by atoms with E-state index in [1.54, 1.807) is 0 Å². The molecule has 1 unspecified atom stereocenters. The molecule has 1 aliphatic rings. The van der Waals surface area contributed by atoms with Gasteiger partial charge in [0.1, 0.15) is 0 Å². The van der Waals surface area contributed by atoms with Gasteiger partial charge in [0.05, 0.1) is 0 Å². The molecule has 0 radical (unpaired) electrons. The lowest BCUT2D eigenvalue weighted by Gasteiger charge is -2.20. The summed E-state index contributed by atoms with van der Waals surface area (Å²) in [5.74, 6) is 1.88. The average molecular weight is 304 g/mol. The van der Waals surface area contributed by atoms with Gasteiger partial charge in [-0.1, -0.05) is 6.07 Å². The molecule has 1 aromatic heterocycles. The monoisotopic (exact) mass is 303 g/mol. The number of halogens is 1. The minimum Gasteiger partial charge on any atom is -0.342 e. The third kappa shape index (κ3) is 3.90. The van der Waals surface area contributed by atoms with Gasteiger partial charge >= 0.3 is 0 Å². The van der Waals surface area contributed by atoms with Gasteiger partial charge in [-0.05, 0) is 24.3 Å². The molecule has 2 heterocycles. The molecule has 1 saturated heterocycles. The van der Waals surface area contributed by atoms with E-state index < -0.39 is 0 Å². The predicted octanol–water partition coefficient (Wildman–Crippen LogP) is 3.77. The molecule has 5 heteroatoms. The summed E-state index contributed by atoms with van der Waals surface area (Å²) < 4.78 is 0. The van der Waals surface area contributed by atoms with Gasteiger partial charge in [-0.2, -0.15) is 11.8 Å². The van der Waals surface area contributed by atoms with Gasteiger partial charge < -0.3 is 4.90 Å². The zero-order valence-corrected chi connectivity index (χ0v) is 12.7. The van der Waals surface area contributed by atoms with Crippen molar-refractivity contribution in [1.29, 1.82) is 0 Å². The van der Waals surface area contributed by atoms with Crippen LogP contribution in [-0.4, -0.2) is 35.5 Å². The molecule has 0 aliphatic carbocycles. The van der Waals surface area contributed by atoms with Crippen molar-refractivity contribution < 1.29 is 4.79 Å². The fourth-order valence-electron chi connectivity index (χ4n) is 2.10. The molecule has 1 aliphatic heterocycles. The van der Waals surface area contributed by atoms with Crippen LogP contribution in [0.4, 0.5) is 0 Å². The van der Waals surface area contributed by atoms with Crippen LogP contribution in [0.25, 0.3) is 0 Å². The van der Waals surface area contributed by atoms with Gasteiger partial charge in [-0.3, -0.25) is 4.79 Å². The molecule has 0 bridgehead atoms. The highest BCUT2D eigenvalue weighted by molar-refractivity contribution is 7.99. The number of rotatable bonds is 4. The number of carbonyl (C=O) groups excluding carboxylic acids is 1. The molecule has 18 heavy (non-hydrogen) atoms. The maximum absolute atomic E-state index is 12.0. The second-order valence-electron chi connectivity index (χ2n) is 4.34. The number of carbonyl (C=O) groups is 1. The minimum absolute atomic E-state index is 0.267. The molecule has 100 valence electrons. The highest BCUT2D eigenvalue weighted by atomic mass is 35.5. The van der Waals surface area contributed by atoms with E-state index >= 15 is 0 Å². The first kappa shape index (κ1) is 14.2. The summed E-state index contributed by atoms with van der Waals surface area (Å²) in [5.41, 5.74) is 0. The van der Waals surface area contributed by atoms with Crippen molar-refractivity contribution in [1.82, 2.24) is 4.90 Å². The summed E-state index contributed by atoms with van der Waals surface area (Å²) in [6, 6.07) is 4.31. The number of thioether (sulfide) groups is 1. The molecule has 0 saturated carbocycles. The smallest absolute Gasteiger partial charge is 0.222 e. The largest absolute Gasteiger partial charge is 0.342 e. The second kappa shape index (κ2) is 7.41. The van der Waals surface area contributed by atoms with Crippen molar-refractivity contribution in [3.05, 3.63) is 22.4 Å². The van der Waals surface area contributed by atoms with Gasteiger partial charge in [0.25, 0.3) is 0 Å². The van der Waals surface area contributed by atoms with Gasteiger partial charge in [-0.25, -0.2) is 0 Å². The van der Waals surface area contributed by atoms with E-state index in [4.69, 9.17) is 11.6 Å². The SMILES string of the molecule is O=C(CCCCl)N1CCSC(c2cccs2)CC1. The van der Waals surface area contributed by atoms with Gasteiger partial charge in [0, 0.05) is 41.3 Å². The molecule has 1 amide bonds. The summed E-state index contributed by atoms with van der Waals surface area (Å²) in [4.78, 5) is 15.4. The highest BCUT2D eigenvalue weighted by Gasteiger charge is 2.22. The van der Waals surface area contributed by atoms with E-state index in [-0.39, 0.29) is 5.91 Å². The molecule has 0 N–H and O–H groups in total. The summed E-state index contributed by atoms with van der Waals surface area (Å²) in [5, 5.41) is 2.69. The Morgan fingerprint density at radius 1 is 1.50 bits per heavy atom. The Labute approximate surface area is 122 Å². The van der Waals surface area contributed by atoms with Crippen LogP contribution >= 0.6 is 34.7 Å². The first-order valence-corrected chi connectivity index (χ1v) is 8.76. The van der Waals surface area contributed by atoms with E-state index in [1.807, 2.05) is 28.0 Å². The van der Waals surface area contributed by atoms with E-state index in [0.29, 0.717) is 17.6 Å². The number of thiophene rings is 1. The summed E-state index contributed by atoms with van der Waals surface area (Å²) in [7, 11) is 0. The number of nitrogens with zero attached hydrogens (tertiary/aromatic N) is 1. The van der Waals surface area contributed by atoms with Crippen molar-refractivity contribution in [3.8, 4) is 0 Å². The van der Waals surface area contributed by atoms with Crippen molar-refractivity contribution in [2.45, 2.75) is 24.5 Å². The minimum atomic E-state index is 0.267. The molecule has 1 aromatic rings. The van der Waals surface area contributed by atoms with E-state index in [0.717, 1.165) is 31.7 Å². The average Bonchev–Trinajstić information content (AvgIpc) is 2.80. The Balaban J connectivity index is 1.86. The van der Waals surface area contributed by atoms with Crippen LogP contribution in [0.5, 0.6) is 0 Å². The van der Waals surface area contributed by atoms with Crippen LogP contribution < -0.4 is 0 Å². The Hall–Kier alpha value is -0.190. The van der Waals surface area contributed by atoms with E-state index in [2.05, 4.69) is 17.5 Å². The van der Waals surface area contributed by atoms with Crippen LogP contribution in [0.1, 0.15) is 29.4 Å². The number of hydrogen-bond acceptors (Lipinski definition) is 3. The zero-order chi connectivity index (χ0) is 12.8. The molecule has 2 rings (SSSR count). The fourth-order valence-corrected chi connectivity index (χ4v) is 4.47. The van der Waals surface area contributed by atoms with Crippen LogP contribution in [-0.2, 0) is 4.79 Å². The Bertz CT molecular complexity index is 369. The van der Waals surface area contributed by atoms with E-state index in [9.17, 15) is 4.79 Å². The molecule has 0 aromatic carbocycles. The predicted molar refractivity (Wildman–Crippen MR) is 80.7 cm³/mol. The number of alkyl halides is 1. The van der Waals surface area contributed by atoms with Crippen molar-refractivity contribution in [2.24, 2.45) is 0 Å². The molecular formula is C13H18ClNOS2. The third-order valence-electron chi connectivity index (χ3n) is 3.08. The van der Waals surface area contributed by atoms with Gasteiger partial charge in [-0.15, -0.1) is 22.9 Å². The first-order chi connectivity index (χ1) is 8.81. The van der Waals surface area contributed by atoms with Crippen LogP contribution in [0.3, 0.4) is 0 Å².